The number of thioether (sulfide) groups is 1. The third kappa shape index (κ3) is 5.59. The molecule has 0 unspecified atom stereocenters. The molecule has 160 valence electrons. The normalized spacial score (nSPS) is 14.8. The molecule has 1 aliphatic heterocycles. The number of nitrogens with zero attached hydrogens (tertiary/aromatic N) is 2. The summed E-state index contributed by atoms with van der Waals surface area (Å²) in [5.74, 6) is -0.661. The molecule has 2 heterocycles. The molecule has 0 aliphatic carbocycles. The van der Waals surface area contributed by atoms with Crippen molar-refractivity contribution >= 4 is 39.3 Å². The molecule has 1 N–H and O–H groups in total. The molecular formula is C20H23N3O5S2. The first-order valence-corrected chi connectivity index (χ1v) is 11.9. The summed E-state index contributed by atoms with van der Waals surface area (Å²) in [6.07, 6.45) is 4.13. The molecule has 0 radical (unpaired) electrons. The smallest absolute Gasteiger partial charge is 0.337 e. The zero-order valence-corrected chi connectivity index (χ0v) is 18.2. The molecule has 2 aromatic rings. The number of nitrogens with one attached hydrogen (secondary N) is 1. The number of benzene rings is 1. The number of amides is 1. The van der Waals surface area contributed by atoms with Gasteiger partial charge in [0.15, 0.2) is 0 Å². The molecule has 1 amide bonds. The standard InChI is InChI=1S/C20H23N3O5S2/c1-28-20(25)15-6-5-7-16(12-15)22-18(24)14-29-19-9-8-17(13-21-19)30(26,27)23-10-3-2-4-11-23/h5-9,12-13H,2-4,10-11,14H2,1H3,(H,22,24). The van der Waals surface area contributed by atoms with Crippen LogP contribution in [-0.2, 0) is 19.6 Å². The molecule has 1 aromatic carbocycles. The van der Waals surface area contributed by atoms with Crippen LogP contribution in [0.1, 0.15) is 29.6 Å². The second kappa shape index (κ2) is 10.1. The van der Waals surface area contributed by atoms with Crippen LogP contribution in [0, 0.1) is 0 Å². The molecule has 1 fully saturated rings. The minimum absolute atomic E-state index is 0.0909. The van der Waals surface area contributed by atoms with Gasteiger partial charge in [0.25, 0.3) is 0 Å². The Morgan fingerprint density at radius 2 is 1.93 bits per heavy atom. The van der Waals surface area contributed by atoms with E-state index < -0.39 is 16.0 Å². The summed E-state index contributed by atoms with van der Waals surface area (Å²) in [6.45, 7) is 1.08. The van der Waals surface area contributed by atoms with Crippen LogP contribution in [0.2, 0.25) is 0 Å². The number of esters is 1. The molecular weight excluding hydrogens is 426 g/mol. The van der Waals surface area contributed by atoms with Gasteiger partial charge in [-0.1, -0.05) is 24.2 Å². The summed E-state index contributed by atoms with van der Waals surface area (Å²) in [5.41, 5.74) is 0.828. The Morgan fingerprint density at radius 1 is 1.17 bits per heavy atom. The first-order valence-electron chi connectivity index (χ1n) is 9.47. The summed E-state index contributed by atoms with van der Waals surface area (Å²) in [6, 6.07) is 9.59. The number of piperidine rings is 1. The van der Waals surface area contributed by atoms with E-state index in [4.69, 9.17) is 0 Å². The van der Waals surface area contributed by atoms with Crippen molar-refractivity contribution in [2.24, 2.45) is 0 Å². The van der Waals surface area contributed by atoms with Gasteiger partial charge in [0.2, 0.25) is 15.9 Å². The molecule has 0 spiro atoms. The molecule has 10 heteroatoms. The van der Waals surface area contributed by atoms with Gasteiger partial charge >= 0.3 is 5.97 Å². The minimum atomic E-state index is -3.52. The number of sulfonamides is 1. The second-order valence-corrected chi connectivity index (χ2v) is 9.64. The van der Waals surface area contributed by atoms with Gasteiger partial charge in [-0.2, -0.15) is 4.31 Å². The van der Waals surface area contributed by atoms with E-state index in [-0.39, 0.29) is 16.6 Å². The highest BCUT2D eigenvalue weighted by Crippen LogP contribution is 2.22. The quantitative estimate of drug-likeness (QED) is 0.512. The van der Waals surface area contributed by atoms with Gasteiger partial charge in [-0.15, -0.1) is 0 Å². The largest absolute Gasteiger partial charge is 0.465 e. The first kappa shape index (κ1) is 22.3. The van der Waals surface area contributed by atoms with E-state index in [1.165, 1.54) is 41.5 Å². The predicted octanol–water partition coefficient (Wildman–Crippen LogP) is 2.77. The van der Waals surface area contributed by atoms with E-state index in [1.54, 1.807) is 24.3 Å². The maximum absolute atomic E-state index is 12.6. The summed E-state index contributed by atoms with van der Waals surface area (Å²) in [5, 5.41) is 3.26. The maximum Gasteiger partial charge on any atom is 0.337 e. The highest BCUT2D eigenvalue weighted by Gasteiger charge is 2.26. The predicted molar refractivity (Wildman–Crippen MR) is 114 cm³/mol. The first-order chi connectivity index (χ1) is 14.4. The lowest BCUT2D eigenvalue weighted by Crippen LogP contribution is -2.35. The van der Waals surface area contributed by atoms with E-state index in [2.05, 4.69) is 15.0 Å². The van der Waals surface area contributed by atoms with Crippen molar-refractivity contribution in [2.75, 3.05) is 31.3 Å². The van der Waals surface area contributed by atoms with Crippen molar-refractivity contribution < 1.29 is 22.7 Å². The number of ether oxygens (including phenoxy) is 1. The third-order valence-electron chi connectivity index (χ3n) is 4.58. The topological polar surface area (TPSA) is 106 Å². The average Bonchev–Trinajstić information content (AvgIpc) is 2.78. The van der Waals surface area contributed by atoms with Crippen LogP contribution in [0.3, 0.4) is 0 Å². The van der Waals surface area contributed by atoms with Crippen molar-refractivity contribution in [3.05, 3.63) is 48.2 Å². The number of hydrogen-bond donors (Lipinski definition) is 1. The Balaban J connectivity index is 1.56. The summed E-state index contributed by atoms with van der Waals surface area (Å²) < 4.78 is 31.5. The van der Waals surface area contributed by atoms with Crippen molar-refractivity contribution in [3.63, 3.8) is 0 Å². The molecule has 0 bridgehead atoms. The number of rotatable bonds is 7. The van der Waals surface area contributed by atoms with Gasteiger partial charge in [0, 0.05) is 25.0 Å². The van der Waals surface area contributed by atoms with Crippen LogP contribution < -0.4 is 5.32 Å². The van der Waals surface area contributed by atoms with Crippen LogP contribution in [0.5, 0.6) is 0 Å². The highest BCUT2D eigenvalue weighted by atomic mass is 32.2. The lowest BCUT2D eigenvalue weighted by Gasteiger charge is -2.25. The Labute approximate surface area is 180 Å². The lowest BCUT2D eigenvalue weighted by atomic mass is 10.2. The van der Waals surface area contributed by atoms with Gasteiger partial charge in [-0.3, -0.25) is 4.79 Å². The maximum atomic E-state index is 12.6. The molecule has 1 aliphatic rings. The van der Waals surface area contributed by atoms with Gasteiger partial charge in [-0.05, 0) is 43.2 Å². The van der Waals surface area contributed by atoms with Crippen LogP contribution >= 0.6 is 11.8 Å². The van der Waals surface area contributed by atoms with Gasteiger partial charge in [0.1, 0.15) is 4.90 Å². The fraction of sp³-hybridized carbons (Fsp3) is 0.350. The Hall–Kier alpha value is -2.43. The van der Waals surface area contributed by atoms with Crippen molar-refractivity contribution in [1.29, 1.82) is 0 Å². The fourth-order valence-electron chi connectivity index (χ4n) is 3.04. The monoisotopic (exact) mass is 449 g/mol. The van der Waals surface area contributed by atoms with Crippen LogP contribution in [0.15, 0.2) is 52.5 Å². The Bertz CT molecular complexity index is 1000. The van der Waals surface area contributed by atoms with Crippen LogP contribution in [0.4, 0.5) is 5.69 Å². The number of pyridine rings is 1. The number of anilines is 1. The Kier molecular flexibility index (Phi) is 7.46. The zero-order valence-electron chi connectivity index (χ0n) is 16.5. The van der Waals surface area contributed by atoms with E-state index in [0.717, 1.165) is 19.3 Å². The lowest BCUT2D eigenvalue weighted by molar-refractivity contribution is -0.113. The van der Waals surface area contributed by atoms with E-state index in [1.807, 2.05) is 0 Å². The molecule has 0 saturated carbocycles. The highest BCUT2D eigenvalue weighted by molar-refractivity contribution is 7.99. The summed E-state index contributed by atoms with van der Waals surface area (Å²) in [4.78, 5) is 28.1. The van der Waals surface area contributed by atoms with Crippen LogP contribution in [0.25, 0.3) is 0 Å². The van der Waals surface area contributed by atoms with Crippen molar-refractivity contribution in [1.82, 2.24) is 9.29 Å². The number of carbonyl (C=O) groups excluding carboxylic acids is 2. The Morgan fingerprint density at radius 3 is 2.60 bits per heavy atom. The van der Waals surface area contributed by atoms with Gasteiger partial charge in [0.05, 0.1) is 23.5 Å². The molecule has 0 atom stereocenters. The summed E-state index contributed by atoms with van der Waals surface area (Å²) >= 11 is 1.19. The summed E-state index contributed by atoms with van der Waals surface area (Å²) in [7, 11) is -2.23. The van der Waals surface area contributed by atoms with Gasteiger partial charge < -0.3 is 10.1 Å². The fourth-order valence-corrected chi connectivity index (χ4v) is 5.14. The van der Waals surface area contributed by atoms with Crippen molar-refractivity contribution in [2.45, 2.75) is 29.2 Å². The zero-order chi connectivity index (χ0) is 21.6. The number of hydrogen-bond acceptors (Lipinski definition) is 7. The molecule has 8 nitrogen and oxygen atoms in total. The SMILES string of the molecule is COC(=O)c1cccc(NC(=O)CSc2ccc(S(=O)(=O)N3CCCCC3)cn2)c1. The van der Waals surface area contributed by atoms with Crippen LogP contribution in [-0.4, -0.2) is 55.5 Å². The number of methoxy groups -OCH3 is 1. The molecule has 3 rings (SSSR count). The molecule has 30 heavy (non-hydrogen) atoms. The third-order valence-corrected chi connectivity index (χ3v) is 7.41. The van der Waals surface area contributed by atoms with E-state index in [0.29, 0.717) is 29.4 Å². The molecule has 1 saturated heterocycles. The minimum Gasteiger partial charge on any atom is -0.465 e. The number of aromatic nitrogens is 1. The second-order valence-electron chi connectivity index (χ2n) is 6.71. The molecule has 1 aromatic heterocycles. The van der Waals surface area contributed by atoms with E-state index in [9.17, 15) is 18.0 Å². The van der Waals surface area contributed by atoms with Gasteiger partial charge in [-0.25, -0.2) is 18.2 Å². The van der Waals surface area contributed by atoms with Crippen molar-refractivity contribution in [3.8, 4) is 0 Å². The van der Waals surface area contributed by atoms with E-state index >= 15 is 0 Å². The average molecular weight is 450 g/mol. The number of carbonyl (C=O) groups is 2.